The number of nitrogens with one attached hydrogen (secondary N) is 2. The van der Waals surface area contributed by atoms with E-state index in [1.165, 1.54) is 0 Å². The first-order chi connectivity index (χ1) is 7.97. The van der Waals surface area contributed by atoms with E-state index in [0.29, 0.717) is 19.4 Å². The molecule has 0 rings (SSSR count). The quantitative estimate of drug-likeness (QED) is 0.581. The van der Waals surface area contributed by atoms with Crippen molar-refractivity contribution >= 4 is 12.0 Å². The lowest BCUT2D eigenvalue weighted by atomic mass is 10.1. The number of hydrogen-bond acceptors (Lipinski definition) is 3. The zero-order valence-electron chi connectivity index (χ0n) is 10.8. The maximum atomic E-state index is 11.6. The summed E-state index contributed by atoms with van der Waals surface area (Å²) >= 11 is 0. The Morgan fingerprint density at radius 2 is 2.06 bits per heavy atom. The normalized spacial score (nSPS) is 11.9. The smallest absolute Gasteiger partial charge is 0.317 e. The first-order valence-electron chi connectivity index (χ1n) is 5.85. The largest absolute Gasteiger partial charge is 0.481 e. The lowest BCUT2D eigenvalue weighted by Gasteiger charge is -2.21. The summed E-state index contributed by atoms with van der Waals surface area (Å²) in [6.07, 6.45) is 1.41. The molecular formula is C11H23N3O3. The summed E-state index contributed by atoms with van der Waals surface area (Å²) in [4.78, 5) is 23.6. The van der Waals surface area contributed by atoms with Crippen molar-refractivity contribution in [3.8, 4) is 0 Å². The molecule has 2 amide bonds. The fraction of sp³-hybridized carbons (Fsp3) is 0.818. The van der Waals surface area contributed by atoms with Crippen molar-refractivity contribution in [3.05, 3.63) is 0 Å². The molecule has 0 saturated heterocycles. The number of carboxylic acids is 1. The number of carbonyl (C=O) groups excluding carboxylic acids is 1. The summed E-state index contributed by atoms with van der Waals surface area (Å²) in [5.74, 6) is -0.797. The Morgan fingerprint density at radius 1 is 1.41 bits per heavy atom. The zero-order valence-corrected chi connectivity index (χ0v) is 10.8. The maximum absolute atomic E-state index is 11.6. The van der Waals surface area contributed by atoms with Gasteiger partial charge in [-0.05, 0) is 26.8 Å². The third-order valence-electron chi connectivity index (χ3n) is 2.44. The highest BCUT2D eigenvalue weighted by atomic mass is 16.4. The summed E-state index contributed by atoms with van der Waals surface area (Å²) in [5.41, 5.74) is 0. The Bertz CT molecular complexity index is 246. The molecule has 1 unspecified atom stereocenters. The zero-order chi connectivity index (χ0) is 13.3. The number of urea groups is 1. The van der Waals surface area contributed by atoms with E-state index in [9.17, 15) is 9.59 Å². The second kappa shape index (κ2) is 8.81. The van der Waals surface area contributed by atoms with Gasteiger partial charge in [-0.3, -0.25) is 4.79 Å². The molecule has 17 heavy (non-hydrogen) atoms. The van der Waals surface area contributed by atoms with Crippen LogP contribution in [0.25, 0.3) is 0 Å². The summed E-state index contributed by atoms with van der Waals surface area (Å²) in [5, 5.41) is 14.3. The monoisotopic (exact) mass is 245 g/mol. The van der Waals surface area contributed by atoms with Crippen LogP contribution in [0.3, 0.4) is 0 Å². The predicted octanol–water partition coefficient (Wildman–Crippen LogP) is 0.491. The molecule has 0 heterocycles. The molecule has 0 aliphatic carbocycles. The number of amides is 2. The standard InChI is InChI=1S/C11H23N3O3/c1-9(5-4-6-10(15)16)13-11(17)14(3)8-7-12-2/h9,12H,4-8H2,1-3H3,(H,13,17)(H,15,16). The molecule has 0 aliphatic rings. The van der Waals surface area contributed by atoms with Crippen molar-refractivity contribution < 1.29 is 14.7 Å². The molecule has 0 radical (unpaired) electrons. The Kier molecular flexibility index (Phi) is 8.13. The van der Waals surface area contributed by atoms with Crippen LogP contribution in [0, 0.1) is 0 Å². The first-order valence-corrected chi connectivity index (χ1v) is 5.85. The number of carbonyl (C=O) groups is 2. The molecule has 100 valence electrons. The fourth-order valence-electron chi connectivity index (χ4n) is 1.33. The summed E-state index contributed by atoms with van der Waals surface area (Å²) < 4.78 is 0. The Labute approximate surface area is 102 Å². The van der Waals surface area contributed by atoms with Crippen molar-refractivity contribution in [1.29, 1.82) is 0 Å². The van der Waals surface area contributed by atoms with Gasteiger partial charge in [0.25, 0.3) is 0 Å². The molecule has 0 aromatic carbocycles. The molecule has 3 N–H and O–H groups in total. The molecule has 0 spiro atoms. The molecule has 0 fully saturated rings. The van der Waals surface area contributed by atoms with Crippen LogP contribution in [0.5, 0.6) is 0 Å². The van der Waals surface area contributed by atoms with Gasteiger partial charge in [0.1, 0.15) is 0 Å². The van der Waals surface area contributed by atoms with E-state index in [2.05, 4.69) is 10.6 Å². The molecule has 0 aromatic rings. The number of likely N-dealkylation sites (N-methyl/N-ethyl adjacent to an activating group) is 2. The third kappa shape index (κ3) is 8.50. The predicted molar refractivity (Wildman–Crippen MR) is 66.0 cm³/mol. The van der Waals surface area contributed by atoms with E-state index in [-0.39, 0.29) is 18.5 Å². The van der Waals surface area contributed by atoms with Crippen molar-refractivity contribution in [2.45, 2.75) is 32.2 Å². The number of aliphatic carboxylic acids is 1. The minimum absolute atomic E-state index is 0.00103. The third-order valence-corrected chi connectivity index (χ3v) is 2.44. The van der Waals surface area contributed by atoms with Crippen LogP contribution < -0.4 is 10.6 Å². The van der Waals surface area contributed by atoms with Crippen LogP contribution >= 0.6 is 0 Å². The Morgan fingerprint density at radius 3 is 2.59 bits per heavy atom. The topological polar surface area (TPSA) is 81.7 Å². The molecule has 0 aromatic heterocycles. The summed E-state index contributed by atoms with van der Waals surface area (Å²) in [6, 6.07) is -0.123. The van der Waals surface area contributed by atoms with Gasteiger partial charge in [0.15, 0.2) is 0 Å². The highest BCUT2D eigenvalue weighted by Gasteiger charge is 2.11. The van der Waals surface area contributed by atoms with E-state index >= 15 is 0 Å². The van der Waals surface area contributed by atoms with Crippen molar-refractivity contribution in [2.75, 3.05) is 27.2 Å². The van der Waals surface area contributed by atoms with E-state index in [0.717, 1.165) is 6.54 Å². The average Bonchev–Trinajstić information content (AvgIpc) is 2.25. The summed E-state index contributed by atoms with van der Waals surface area (Å²) in [6.45, 7) is 3.27. The lowest BCUT2D eigenvalue weighted by molar-refractivity contribution is -0.137. The van der Waals surface area contributed by atoms with Crippen LogP contribution in [0.4, 0.5) is 4.79 Å². The Hall–Kier alpha value is -1.30. The van der Waals surface area contributed by atoms with E-state index < -0.39 is 5.97 Å². The first kappa shape index (κ1) is 15.7. The van der Waals surface area contributed by atoms with E-state index in [1.54, 1.807) is 11.9 Å². The van der Waals surface area contributed by atoms with Crippen molar-refractivity contribution in [2.24, 2.45) is 0 Å². The minimum atomic E-state index is -0.797. The minimum Gasteiger partial charge on any atom is -0.481 e. The molecule has 0 aliphatic heterocycles. The number of rotatable bonds is 8. The van der Waals surface area contributed by atoms with Gasteiger partial charge in [0.2, 0.25) is 0 Å². The van der Waals surface area contributed by atoms with Gasteiger partial charge in [-0.15, -0.1) is 0 Å². The van der Waals surface area contributed by atoms with E-state index in [4.69, 9.17) is 5.11 Å². The van der Waals surface area contributed by atoms with Gasteiger partial charge in [-0.1, -0.05) is 0 Å². The fourth-order valence-corrected chi connectivity index (χ4v) is 1.33. The average molecular weight is 245 g/mol. The van der Waals surface area contributed by atoms with Crippen molar-refractivity contribution in [1.82, 2.24) is 15.5 Å². The lowest BCUT2D eigenvalue weighted by Crippen LogP contribution is -2.43. The summed E-state index contributed by atoms with van der Waals surface area (Å²) in [7, 11) is 3.57. The van der Waals surface area contributed by atoms with Gasteiger partial charge >= 0.3 is 12.0 Å². The highest BCUT2D eigenvalue weighted by Crippen LogP contribution is 2.01. The van der Waals surface area contributed by atoms with Gasteiger partial charge < -0.3 is 20.6 Å². The second-order valence-corrected chi connectivity index (χ2v) is 4.16. The maximum Gasteiger partial charge on any atom is 0.317 e. The number of carboxylic acid groups (broad SMARTS) is 1. The SMILES string of the molecule is CNCCN(C)C(=O)NC(C)CCCC(=O)O. The van der Waals surface area contributed by atoms with Crippen LogP contribution in [-0.4, -0.2) is 55.2 Å². The van der Waals surface area contributed by atoms with Gasteiger partial charge in [-0.25, -0.2) is 4.79 Å². The van der Waals surface area contributed by atoms with Gasteiger partial charge in [0.05, 0.1) is 0 Å². The van der Waals surface area contributed by atoms with Crippen molar-refractivity contribution in [3.63, 3.8) is 0 Å². The molecular weight excluding hydrogens is 222 g/mol. The van der Waals surface area contributed by atoms with Gasteiger partial charge in [0, 0.05) is 32.6 Å². The molecule has 0 saturated carbocycles. The van der Waals surface area contributed by atoms with Crippen LogP contribution in [0.1, 0.15) is 26.2 Å². The van der Waals surface area contributed by atoms with E-state index in [1.807, 2.05) is 14.0 Å². The molecule has 6 heteroatoms. The molecule has 0 bridgehead atoms. The van der Waals surface area contributed by atoms with Crippen LogP contribution in [0.15, 0.2) is 0 Å². The Balaban J connectivity index is 3.74. The van der Waals surface area contributed by atoms with Crippen LogP contribution in [0.2, 0.25) is 0 Å². The number of hydrogen-bond donors (Lipinski definition) is 3. The second-order valence-electron chi connectivity index (χ2n) is 4.16. The highest BCUT2D eigenvalue weighted by molar-refractivity contribution is 5.74. The molecule has 6 nitrogen and oxygen atoms in total. The van der Waals surface area contributed by atoms with Crippen LogP contribution in [-0.2, 0) is 4.79 Å². The number of nitrogens with zero attached hydrogens (tertiary/aromatic N) is 1. The molecule has 1 atom stereocenters. The van der Waals surface area contributed by atoms with Gasteiger partial charge in [-0.2, -0.15) is 0 Å².